The zero-order chi connectivity index (χ0) is 20.6. The molecule has 2 heterocycles. The highest BCUT2D eigenvalue weighted by Gasteiger charge is 2.14. The van der Waals surface area contributed by atoms with E-state index in [4.69, 9.17) is 11.6 Å². The normalized spacial score (nSPS) is 11.3. The van der Waals surface area contributed by atoms with Crippen molar-refractivity contribution in [2.75, 3.05) is 5.32 Å². The second-order valence-corrected chi connectivity index (χ2v) is 7.86. The van der Waals surface area contributed by atoms with E-state index in [-0.39, 0.29) is 5.57 Å². The lowest BCUT2D eigenvalue weighted by molar-refractivity contribution is -0.112. The third kappa shape index (κ3) is 5.53. The molecule has 148 valence electrons. The van der Waals surface area contributed by atoms with Crippen LogP contribution in [-0.4, -0.2) is 20.7 Å². The molecule has 0 unspecified atom stereocenters. The number of hydrogen-bond acceptors (Lipinski definition) is 5. The van der Waals surface area contributed by atoms with E-state index < -0.39 is 5.91 Å². The molecule has 0 bridgehead atoms. The minimum Gasteiger partial charge on any atom is -0.317 e. The number of anilines is 1. The Balaban J connectivity index is 1.74. The molecule has 0 fully saturated rings. The van der Waals surface area contributed by atoms with E-state index in [0.717, 1.165) is 36.4 Å². The summed E-state index contributed by atoms with van der Waals surface area (Å²) in [6.07, 6.45) is 7.57. The van der Waals surface area contributed by atoms with E-state index in [0.29, 0.717) is 15.8 Å². The molecule has 0 spiro atoms. The van der Waals surface area contributed by atoms with E-state index in [2.05, 4.69) is 22.4 Å². The SMILES string of the molecule is CCCCCc1nnc(NC(=O)/C(C#N)=C\c2cccn2-c2ccc(Cl)cc2)s1. The van der Waals surface area contributed by atoms with Gasteiger partial charge in [-0.1, -0.05) is 42.7 Å². The van der Waals surface area contributed by atoms with Gasteiger partial charge in [-0.3, -0.25) is 10.1 Å². The molecule has 0 aliphatic heterocycles. The van der Waals surface area contributed by atoms with Crippen LogP contribution in [0.4, 0.5) is 5.13 Å². The molecule has 3 rings (SSSR count). The van der Waals surface area contributed by atoms with Crippen LogP contribution in [0.1, 0.15) is 36.9 Å². The number of carbonyl (C=O) groups excluding carboxylic acids is 1. The molecule has 3 aromatic rings. The van der Waals surface area contributed by atoms with E-state index in [1.54, 1.807) is 18.2 Å². The predicted molar refractivity (Wildman–Crippen MR) is 116 cm³/mol. The van der Waals surface area contributed by atoms with Crippen molar-refractivity contribution in [2.24, 2.45) is 0 Å². The third-order valence-corrected chi connectivity index (χ3v) is 5.37. The molecule has 1 amide bonds. The highest BCUT2D eigenvalue weighted by molar-refractivity contribution is 7.15. The van der Waals surface area contributed by atoms with E-state index in [1.165, 1.54) is 11.3 Å². The number of carbonyl (C=O) groups is 1. The Morgan fingerprint density at radius 1 is 1.28 bits per heavy atom. The molecule has 6 nitrogen and oxygen atoms in total. The molecule has 1 N–H and O–H groups in total. The van der Waals surface area contributed by atoms with Crippen molar-refractivity contribution in [2.45, 2.75) is 32.6 Å². The van der Waals surface area contributed by atoms with Crippen LogP contribution in [0.15, 0.2) is 48.2 Å². The number of benzene rings is 1. The first-order valence-electron chi connectivity index (χ1n) is 9.29. The van der Waals surface area contributed by atoms with Crippen LogP contribution in [0.3, 0.4) is 0 Å². The molecule has 0 saturated carbocycles. The highest BCUT2D eigenvalue weighted by atomic mass is 35.5. The first kappa shape index (κ1) is 20.8. The fraction of sp³-hybridized carbons (Fsp3) is 0.238. The van der Waals surface area contributed by atoms with Gasteiger partial charge in [0.05, 0.1) is 0 Å². The summed E-state index contributed by atoms with van der Waals surface area (Å²) in [6.45, 7) is 2.14. The topological polar surface area (TPSA) is 83.6 Å². The maximum absolute atomic E-state index is 12.5. The van der Waals surface area contributed by atoms with Crippen LogP contribution in [0.2, 0.25) is 5.02 Å². The summed E-state index contributed by atoms with van der Waals surface area (Å²) in [5.41, 5.74) is 1.57. The lowest BCUT2D eigenvalue weighted by atomic mass is 10.2. The van der Waals surface area contributed by atoms with Crippen LogP contribution < -0.4 is 5.32 Å². The number of nitriles is 1. The Kier molecular flexibility index (Phi) is 7.17. The number of unbranched alkanes of at least 4 members (excludes halogenated alkanes) is 2. The minimum absolute atomic E-state index is 0.0124. The number of amides is 1. The van der Waals surface area contributed by atoms with E-state index >= 15 is 0 Å². The van der Waals surface area contributed by atoms with Crippen LogP contribution in [0.25, 0.3) is 11.8 Å². The van der Waals surface area contributed by atoms with Gasteiger partial charge in [0, 0.05) is 29.0 Å². The van der Waals surface area contributed by atoms with Gasteiger partial charge in [-0.25, -0.2) is 0 Å². The van der Waals surface area contributed by atoms with Crippen LogP contribution in [0.5, 0.6) is 0 Å². The van der Waals surface area contributed by atoms with Crippen molar-refractivity contribution in [3.8, 4) is 11.8 Å². The second-order valence-electron chi connectivity index (χ2n) is 6.36. The number of rotatable bonds is 8. The molecule has 0 saturated heterocycles. The summed E-state index contributed by atoms with van der Waals surface area (Å²) in [4.78, 5) is 12.5. The molecular formula is C21H20ClN5OS. The summed E-state index contributed by atoms with van der Waals surface area (Å²) in [5.74, 6) is -0.507. The Labute approximate surface area is 178 Å². The van der Waals surface area contributed by atoms with Gasteiger partial charge in [-0.05, 0) is 48.9 Å². The van der Waals surface area contributed by atoms with E-state index in [9.17, 15) is 10.1 Å². The molecule has 0 atom stereocenters. The molecule has 1 aromatic carbocycles. The number of hydrogen-bond donors (Lipinski definition) is 1. The first-order chi connectivity index (χ1) is 14.1. The Bertz CT molecular complexity index is 1050. The molecule has 0 aliphatic carbocycles. The number of aryl methyl sites for hydroxylation is 1. The van der Waals surface area contributed by atoms with Crippen molar-refractivity contribution in [3.63, 3.8) is 0 Å². The molecule has 2 aromatic heterocycles. The number of aromatic nitrogens is 3. The quantitative estimate of drug-likeness (QED) is 0.303. The van der Waals surface area contributed by atoms with Gasteiger partial charge in [-0.2, -0.15) is 5.26 Å². The van der Waals surface area contributed by atoms with Crippen molar-refractivity contribution in [1.29, 1.82) is 5.26 Å². The first-order valence-corrected chi connectivity index (χ1v) is 10.5. The average molecular weight is 426 g/mol. The van der Waals surface area contributed by atoms with Crippen molar-refractivity contribution in [3.05, 3.63) is 63.9 Å². The van der Waals surface area contributed by atoms with Crippen LogP contribution in [0, 0.1) is 11.3 Å². The predicted octanol–water partition coefficient (Wildman–Crippen LogP) is 5.26. The fourth-order valence-electron chi connectivity index (χ4n) is 2.74. The van der Waals surface area contributed by atoms with Gasteiger partial charge < -0.3 is 4.57 Å². The number of nitrogens with one attached hydrogen (secondary N) is 1. The summed E-state index contributed by atoms with van der Waals surface area (Å²) in [5, 5.41) is 22.2. The van der Waals surface area contributed by atoms with Gasteiger partial charge in [0.1, 0.15) is 16.6 Å². The average Bonchev–Trinajstić information content (AvgIpc) is 3.36. The lowest BCUT2D eigenvalue weighted by Gasteiger charge is -2.07. The monoisotopic (exact) mass is 425 g/mol. The highest BCUT2D eigenvalue weighted by Crippen LogP contribution is 2.20. The van der Waals surface area contributed by atoms with Gasteiger partial charge in [0.2, 0.25) is 5.13 Å². The molecule has 0 radical (unpaired) electrons. The summed E-state index contributed by atoms with van der Waals surface area (Å²) in [7, 11) is 0. The third-order valence-electron chi connectivity index (χ3n) is 4.22. The summed E-state index contributed by atoms with van der Waals surface area (Å²) in [6, 6.07) is 13.0. The number of nitrogens with zero attached hydrogens (tertiary/aromatic N) is 4. The van der Waals surface area contributed by atoms with Gasteiger partial charge in [0.15, 0.2) is 0 Å². The van der Waals surface area contributed by atoms with Crippen molar-refractivity contribution < 1.29 is 4.79 Å². The Morgan fingerprint density at radius 3 is 2.79 bits per heavy atom. The maximum atomic E-state index is 12.5. The van der Waals surface area contributed by atoms with Gasteiger partial charge >= 0.3 is 0 Å². The molecular weight excluding hydrogens is 406 g/mol. The molecule has 29 heavy (non-hydrogen) atoms. The zero-order valence-electron chi connectivity index (χ0n) is 15.9. The fourth-order valence-corrected chi connectivity index (χ4v) is 3.64. The molecule has 8 heteroatoms. The second kappa shape index (κ2) is 10.0. The smallest absolute Gasteiger partial charge is 0.268 e. The van der Waals surface area contributed by atoms with Crippen LogP contribution in [-0.2, 0) is 11.2 Å². The standard InChI is InChI=1S/C21H20ClN5OS/c1-2-3-4-7-19-25-26-21(29-19)24-20(28)15(14-23)13-18-6-5-12-27(18)17-10-8-16(22)9-11-17/h5-6,8-13H,2-4,7H2,1H3,(H,24,26,28)/b15-13-. The van der Waals surface area contributed by atoms with Crippen LogP contribution >= 0.6 is 22.9 Å². The maximum Gasteiger partial charge on any atom is 0.268 e. The van der Waals surface area contributed by atoms with Crippen molar-refractivity contribution >= 4 is 40.1 Å². The zero-order valence-corrected chi connectivity index (χ0v) is 17.5. The largest absolute Gasteiger partial charge is 0.317 e. The minimum atomic E-state index is -0.507. The lowest BCUT2D eigenvalue weighted by Crippen LogP contribution is -2.13. The van der Waals surface area contributed by atoms with Gasteiger partial charge in [0.25, 0.3) is 5.91 Å². The Hall–Kier alpha value is -2.95. The Morgan fingerprint density at radius 2 is 2.07 bits per heavy atom. The van der Waals surface area contributed by atoms with Crippen molar-refractivity contribution in [1.82, 2.24) is 14.8 Å². The summed E-state index contributed by atoms with van der Waals surface area (Å²) < 4.78 is 1.87. The van der Waals surface area contributed by atoms with Gasteiger partial charge in [-0.15, -0.1) is 10.2 Å². The summed E-state index contributed by atoms with van der Waals surface area (Å²) >= 11 is 7.29. The number of halogens is 1. The van der Waals surface area contributed by atoms with E-state index in [1.807, 2.05) is 41.1 Å². The molecule has 0 aliphatic rings.